The number of para-hydroxylation sites is 1. The van der Waals surface area contributed by atoms with Crippen molar-refractivity contribution in [1.29, 1.82) is 0 Å². The van der Waals surface area contributed by atoms with Crippen LogP contribution in [0.5, 0.6) is 5.75 Å². The van der Waals surface area contributed by atoms with Gasteiger partial charge in [0.15, 0.2) is 5.82 Å². The smallest absolute Gasteiger partial charge is 0.291 e. The summed E-state index contributed by atoms with van der Waals surface area (Å²) in [6.45, 7) is 10.5. The zero-order valence-corrected chi connectivity index (χ0v) is 24.5. The third-order valence-corrected chi connectivity index (χ3v) is 7.70. The Morgan fingerprint density at radius 2 is 1.56 bits per heavy atom. The fraction of sp³-hybridized carbons (Fsp3) is 0.212. The molecular formula is C33H31N5O2S. The molecule has 3 aromatic carbocycles. The Bertz CT molecular complexity index is 1930. The predicted molar refractivity (Wildman–Crippen MR) is 165 cm³/mol. The Hall–Kier alpha value is -4.56. The van der Waals surface area contributed by atoms with Gasteiger partial charge in [-0.1, -0.05) is 74.6 Å². The number of ether oxygens (including phenoxy) is 1. The van der Waals surface area contributed by atoms with Crippen LogP contribution in [0.25, 0.3) is 39.4 Å². The Balaban J connectivity index is 1.40. The lowest BCUT2D eigenvalue weighted by atomic mass is 9.87. The summed E-state index contributed by atoms with van der Waals surface area (Å²) in [6.07, 6.45) is 3.91. The summed E-state index contributed by atoms with van der Waals surface area (Å²) < 4.78 is 9.59. The first-order valence-corrected chi connectivity index (χ1v) is 14.4. The maximum Gasteiger partial charge on any atom is 0.291 e. The molecule has 0 aliphatic carbocycles. The Morgan fingerprint density at radius 1 is 0.878 bits per heavy atom. The van der Waals surface area contributed by atoms with Crippen molar-refractivity contribution in [2.45, 2.75) is 46.1 Å². The summed E-state index contributed by atoms with van der Waals surface area (Å²) in [7, 11) is 0. The van der Waals surface area contributed by atoms with E-state index >= 15 is 0 Å². The van der Waals surface area contributed by atoms with Crippen LogP contribution in [0.2, 0.25) is 0 Å². The Labute approximate surface area is 242 Å². The zero-order valence-electron chi connectivity index (χ0n) is 23.7. The number of nitrogens with zero attached hydrogens (tertiary/aromatic N) is 5. The maximum absolute atomic E-state index is 13.4. The van der Waals surface area contributed by atoms with Crippen LogP contribution in [0.1, 0.15) is 45.7 Å². The fourth-order valence-corrected chi connectivity index (χ4v) is 5.51. The molecular weight excluding hydrogens is 530 g/mol. The molecule has 0 aliphatic heterocycles. The van der Waals surface area contributed by atoms with Crippen LogP contribution in [-0.4, -0.2) is 30.5 Å². The first-order valence-electron chi connectivity index (χ1n) is 13.6. The zero-order chi connectivity index (χ0) is 28.7. The van der Waals surface area contributed by atoms with Gasteiger partial charge in [0.25, 0.3) is 5.56 Å². The summed E-state index contributed by atoms with van der Waals surface area (Å²) in [4.78, 5) is 18.7. The van der Waals surface area contributed by atoms with E-state index in [4.69, 9.17) is 9.84 Å². The van der Waals surface area contributed by atoms with E-state index in [-0.39, 0.29) is 17.1 Å². The van der Waals surface area contributed by atoms with Gasteiger partial charge in [0.05, 0.1) is 16.3 Å². The monoisotopic (exact) mass is 561 g/mol. The summed E-state index contributed by atoms with van der Waals surface area (Å²) >= 11 is 1.32. The first-order chi connectivity index (χ1) is 19.7. The van der Waals surface area contributed by atoms with E-state index in [2.05, 4.69) is 43.0 Å². The number of rotatable bonds is 6. The number of thiazole rings is 1. The number of hydrogen-bond donors (Lipinski definition) is 0. The largest absolute Gasteiger partial charge is 0.491 e. The molecule has 0 bridgehead atoms. The van der Waals surface area contributed by atoms with Gasteiger partial charge in [0.1, 0.15) is 11.4 Å². The van der Waals surface area contributed by atoms with Crippen molar-refractivity contribution in [3.63, 3.8) is 0 Å². The van der Waals surface area contributed by atoms with E-state index in [1.54, 1.807) is 0 Å². The van der Waals surface area contributed by atoms with Crippen LogP contribution < -0.4 is 14.8 Å². The van der Waals surface area contributed by atoms with Gasteiger partial charge in [-0.15, -0.1) is 5.10 Å². The van der Waals surface area contributed by atoms with Crippen LogP contribution >= 0.6 is 11.3 Å². The second-order valence-corrected chi connectivity index (χ2v) is 12.3. The van der Waals surface area contributed by atoms with Gasteiger partial charge in [0.2, 0.25) is 4.96 Å². The van der Waals surface area contributed by atoms with E-state index < -0.39 is 0 Å². The van der Waals surface area contributed by atoms with E-state index in [9.17, 15) is 4.79 Å². The topological polar surface area (TPSA) is 74.3 Å². The number of hydrogen-bond acceptors (Lipinski definition) is 6. The number of benzene rings is 3. The summed E-state index contributed by atoms with van der Waals surface area (Å²) in [5.41, 5.74) is 5.43. The van der Waals surface area contributed by atoms with Crippen molar-refractivity contribution in [2.75, 3.05) is 0 Å². The summed E-state index contributed by atoms with van der Waals surface area (Å²) in [5.74, 6) is 1.34. The molecule has 0 saturated heterocycles. The van der Waals surface area contributed by atoms with Crippen LogP contribution in [0.3, 0.4) is 0 Å². The molecule has 7 nitrogen and oxygen atoms in total. The summed E-state index contributed by atoms with van der Waals surface area (Å²) in [5, 5.41) is 9.45. The molecule has 0 aliphatic rings. The van der Waals surface area contributed by atoms with E-state index in [0.29, 0.717) is 15.3 Å². The highest BCUT2D eigenvalue weighted by atomic mass is 32.1. The van der Waals surface area contributed by atoms with E-state index in [0.717, 1.165) is 33.8 Å². The summed E-state index contributed by atoms with van der Waals surface area (Å²) in [6, 6.07) is 26.0. The molecule has 8 heteroatoms. The lowest BCUT2D eigenvalue weighted by Gasteiger charge is -2.18. The fourth-order valence-electron chi connectivity index (χ4n) is 4.61. The Kier molecular flexibility index (Phi) is 6.79. The highest BCUT2D eigenvalue weighted by Gasteiger charge is 2.17. The van der Waals surface area contributed by atoms with Crippen molar-refractivity contribution in [1.82, 2.24) is 24.4 Å². The van der Waals surface area contributed by atoms with Crippen molar-refractivity contribution >= 4 is 22.4 Å². The van der Waals surface area contributed by atoms with E-state index in [1.165, 1.54) is 21.4 Å². The lowest BCUT2D eigenvalue weighted by Crippen LogP contribution is -2.23. The van der Waals surface area contributed by atoms with Crippen molar-refractivity contribution in [2.24, 2.45) is 0 Å². The molecule has 0 spiro atoms. The molecule has 3 aromatic heterocycles. The molecule has 0 saturated carbocycles. The minimum atomic E-state index is -0.200. The van der Waals surface area contributed by atoms with Crippen LogP contribution in [0, 0.1) is 0 Å². The molecule has 41 heavy (non-hydrogen) atoms. The highest BCUT2D eigenvalue weighted by molar-refractivity contribution is 7.15. The molecule has 0 N–H and O–H groups in total. The van der Waals surface area contributed by atoms with Gasteiger partial charge < -0.3 is 4.74 Å². The van der Waals surface area contributed by atoms with Crippen molar-refractivity contribution in [3.8, 4) is 34.1 Å². The third-order valence-electron chi connectivity index (χ3n) is 6.74. The molecule has 3 heterocycles. The van der Waals surface area contributed by atoms with Crippen LogP contribution in [-0.2, 0) is 5.41 Å². The molecule has 0 amide bonds. The van der Waals surface area contributed by atoms with Gasteiger partial charge in [-0.3, -0.25) is 4.79 Å². The van der Waals surface area contributed by atoms with Gasteiger partial charge >= 0.3 is 0 Å². The minimum absolute atomic E-state index is 0.0600. The maximum atomic E-state index is 13.4. The first kappa shape index (κ1) is 26.7. The SMILES string of the molecule is CC(C)Oc1ccc(-c2nn(-c3ccccc3)cc2C=c2sc3nc(-c4ccc(C(C)(C)C)cc4)nn3c2=O)cc1. The Morgan fingerprint density at radius 3 is 2.20 bits per heavy atom. The van der Waals surface area contributed by atoms with Crippen molar-refractivity contribution in [3.05, 3.63) is 111 Å². The van der Waals surface area contributed by atoms with Crippen LogP contribution in [0.4, 0.5) is 0 Å². The predicted octanol–water partition coefficient (Wildman–Crippen LogP) is 6.30. The quantitative estimate of drug-likeness (QED) is 0.239. The molecule has 0 radical (unpaired) electrons. The number of fused-ring (bicyclic) bond motifs is 1. The molecule has 6 aromatic rings. The normalized spacial score (nSPS) is 12.5. The van der Waals surface area contributed by atoms with Crippen molar-refractivity contribution < 1.29 is 4.74 Å². The van der Waals surface area contributed by atoms with Gasteiger partial charge in [0, 0.05) is 22.9 Å². The third kappa shape index (κ3) is 5.43. The molecule has 0 atom stereocenters. The van der Waals surface area contributed by atoms with Gasteiger partial charge in [-0.05, 0) is 67.3 Å². The minimum Gasteiger partial charge on any atom is -0.491 e. The van der Waals surface area contributed by atoms with Gasteiger partial charge in [-0.25, -0.2) is 4.68 Å². The molecule has 0 fully saturated rings. The number of aromatic nitrogens is 5. The second kappa shape index (κ2) is 10.4. The van der Waals surface area contributed by atoms with Gasteiger partial charge in [-0.2, -0.15) is 14.6 Å². The lowest BCUT2D eigenvalue weighted by molar-refractivity contribution is 0.242. The average molecular weight is 562 g/mol. The second-order valence-electron chi connectivity index (χ2n) is 11.3. The molecule has 6 rings (SSSR count). The average Bonchev–Trinajstić information content (AvgIpc) is 3.64. The van der Waals surface area contributed by atoms with Crippen LogP contribution in [0.15, 0.2) is 89.9 Å². The molecule has 0 unspecified atom stereocenters. The van der Waals surface area contributed by atoms with E-state index in [1.807, 2.05) is 97.5 Å². The standard InChI is InChI=1S/C33H31N5O2S/c1-21(2)40-27-17-13-22(14-18-27)29-24(20-37(35-29)26-9-7-6-8-10-26)19-28-31(39)38-32(41-28)34-30(36-38)23-11-15-25(16-12-23)33(3,4)5/h6-21H,1-5H3. The molecule has 206 valence electrons. The highest BCUT2D eigenvalue weighted by Crippen LogP contribution is 2.28.